The highest BCUT2D eigenvalue weighted by atomic mass is 35.5. The summed E-state index contributed by atoms with van der Waals surface area (Å²) in [5, 5.41) is 5.68. The molecule has 0 radical (unpaired) electrons. The molecule has 0 aromatic carbocycles. The Morgan fingerprint density at radius 3 is 2.71 bits per heavy atom. The van der Waals surface area contributed by atoms with Crippen LogP contribution in [-0.4, -0.2) is 87.2 Å². The number of likely N-dealkylation sites (N-methyl/N-ethyl adjacent to an activating group) is 1. The van der Waals surface area contributed by atoms with E-state index in [1.807, 2.05) is 4.90 Å². The number of carbonyl (C=O) groups is 2. The van der Waals surface area contributed by atoms with Crippen molar-refractivity contribution < 1.29 is 14.3 Å². The van der Waals surface area contributed by atoms with Crippen molar-refractivity contribution in [1.82, 2.24) is 20.4 Å². The van der Waals surface area contributed by atoms with E-state index in [4.69, 9.17) is 4.74 Å². The smallest absolute Gasteiger partial charge is 0.234 e. The zero-order valence-electron chi connectivity index (χ0n) is 12.5. The van der Waals surface area contributed by atoms with Gasteiger partial charge in [-0.2, -0.15) is 0 Å². The lowest BCUT2D eigenvalue weighted by molar-refractivity contribution is -0.128. The van der Waals surface area contributed by atoms with Crippen molar-refractivity contribution in [3.63, 3.8) is 0 Å². The van der Waals surface area contributed by atoms with E-state index in [1.165, 1.54) is 0 Å². The summed E-state index contributed by atoms with van der Waals surface area (Å²) in [7, 11) is 1.73. The van der Waals surface area contributed by atoms with E-state index in [2.05, 4.69) is 15.5 Å². The van der Waals surface area contributed by atoms with Crippen LogP contribution < -0.4 is 10.6 Å². The largest absolute Gasteiger partial charge is 0.379 e. The summed E-state index contributed by atoms with van der Waals surface area (Å²) < 4.78 is 5.30. The number of halogens is 1. The fraction of sp³-hybridized carbons (Fsp3) is 0.846. The highest BCUT2D eigenvalue weighted by molar-refractivity contribution is 5.85. The molecule has 0 spiro atoms. The Labute approximate surface area is 131 Å². The van der Waals surface area contributed by atoms with Gasteiger partial charge in [-0.05, 0) is 7.05 Å². The molecule has 8 heteroatoms. The van der Waals surface area contributed by atoms with Crippen LogP contribution in [0.1, 0.15) is 6.42 Å². The molecule has 1 unspecified atom stereocenters. The van der Waals surface area contributed by atoms with Gasteiger partial charge in [0.25, 0.3) is 0 Å². The second-order valence-electron chi connectivity index (χ2n) is 5.29. The number of hydrogen-bond donors (Lipinski definition) is 2. The van der Waals surface area contributed by atoms with Gasteiger partial charge in [-0.15, -0.1) is 12.4 Å². The third-order valence-electron chi connectivity index (χ3n) is 3.71. The second kappa shape index (κ2) is 9.19. The Morgan fingerprint density at radius 2 is 2.05 bits per heavy atom. The first-order valence-corrected chi connectivity index (χ1v) is 7.21. The molecule has 2 amide bonds. The van der Waals surface area contributed by atoms with Crippen molar-refractivity contribution in [3.8, 4) is 0 Å². The molecule has 21 heavy (non-hydrogen) atoms. The molecular formula is C13H25ClN4O3. The number of carbonyl (C=O) groups excluding carboxylic acids is 2. The first-order valence-electron chi connectivity index (χ1n) is 7.21. The van der Waals surface area contributed by atoms with E-state index >= 15 is 0 Å². The molecular weight excluding hydrogens is 296 g/mol. The monoisotopic (exact) mass is 320 g/mol. The first-order chi connectivity index (χ1) is 9.69. The van der Waals surface area contributed by atoms with E-state index in [1.54, 1.807) is 7.05 Å². The summed E-state index contributed by atoms with van der Waals surface area (Å²) in [6, 6.07) is -0.0481. The van der Waals surface area contributed by atoms with Crippen molar-refractivity contribution in [1.29, 1.82) is 0 Å². The lowest BCUT2D eigenvalue weighted by atomic mass is 10.2. The van der Waals surface area contributed by atoms with Crippen LogP contribution in [0.3, 0.4) is 0 Å². The maximum absolute atomic E-state index is 11.9. The predicted molar refractivity (Wildman–Crippen MR) is 81.6 cm³/mol. The molecule has 2 aliphatic rings. The van der Waals surface area contributed by atoms with Crippen molar-refractivity contribution in [2.75, 3.05) is 59.5 Å². The van der Waals surface area contributed by atoms with Crippen LogP contribution in [0.4, 0.5) is 0 Å². The fourth-order valence-corrected chi connectivity index (χ4v) is 2.61. The zero-order valence-corrected chi connectivity index (χ0v) is 13.3. The Hall–Kier alpha value is -0.890. The molecule has 0 aromatic rings. The quantitative estimate of drug-likeness (QED) is 0.635. The normalized spacial score (nSPS) is 23.0. The molecule has 2 rings (SSSR count). The van der Waals surface area contributed by atoms with Crippen LogP contribution in [0.15, 0.2) is 0 Å². The van der Waals surface area contributed by atoms with Gasteiger partial charge in [0.2, 0.25) is 11.8 Å². The summed E-state index contributed by atoms with van der Waals surface area (Å²) in [6.07, 6.45) is 0.415. The maximum Gasteiger partial charge on any atom is 0.234 e. The molecule has 2 fully saturated rings. The van der Waals surface area contributed by atoms with Crippen LogP contribution in [0.5, 0.6) is 0 Å². The Kier molecular flexibility index (Phi) is 7.95. The van der Waals surface area contributed by atoms with Crippen LogP contribution >= 0.6 is 12.4 Å². The molecule has 2 N–H and O–H groups in total. The highest BCUT2D eigenvalue weighted by Gasteiger charge is 2.30. The van der Waals surface area contributed by atoms with Gasteiger partial charge in [-0.3, -0.25) is 14.5 Å². The van der Waals surface area contributed by atoms with Crippen LogP contribution in [-0.2, 0) is 14.3 Å². The number of rotatable bonds is 6. The summed E-state index contributed by atoms with van der Waals surface area (Å²) >= 11 is 0. The first kappa shape index (κ1) is 18.2. The van der Waals surface area contributed by atoms with Crippen LogP contribution in [0.25, 0.3) is 0 Å². The van der Waals surface area contributed by atoms with E-state index in [0.29, 0.717) is 19.5 Å². The number of nitrogens with zero attached hydrogens (tertiary/aromatic N) is 2. The zero-order chi connectivity index (χ0) is 14.4. The molecule has 0 aromatic heterocycles. The SMILES string of the molecule is CNCC(=O)NC1CC(=O)N(CCN2CCOCC2)C1.Cl. The number of ether oxygens (including phenoxy) is 1. The molecule has 2 heterocycles. The minimum Gasteiger partial charge on any atom is -0.379 e. The number of hydrogen-bond acceptors (Lipinski definition) is 5. The molecule has 1 atom stereocenters. The van der Waals surface area contributed by atoms with Crippen LogP contribution in [0.2, 0.25) is 0 Å². The highest BCUT2D eigenvalue weighted by Crippen LogP contribution is 2.11. The summed E-state index contributed by atoms with van der Waals surface area (Å²) in [6.45, 7) is 5.95. The van der Waals surface area contributed by atoms with E-state index in [9.17, 15) is 9.59 Å². The number of nitrogens with one attached hydrogen (secondary N) is 2. The molecule has 0 aliphatic carbocycles. The summed E-state index contributed by atoms with van der Waals surface area (Å²) in [4.78, 5) is 27.6. The minimum atomic E-state index is -0.0553. The van der Waals surface area contributed by atoms with Crippen molar-refractivity contribution >= 4 is 24.2 Å². The second-order valence-corrected chi connectivity index (χ2v) is 5.29. The van der Waals surface area contributed by atoms with E-state index in [-0.39, 0.29) is 30.3 Å². The van der Waals surface area contributed by atoms with Gasteiger partial charge < -0.3 is 20.3 Å². The third-order valence-corrected chi connectivity index (χ3v) is 3.71. The van der Waals surface area contributed by atoms with E-state index in [0.717, 1.165) is 39.4 Å². The molecule has 0 bridgehead atoms. The van der Waals surface area contributed by atoms with Crippen molar-refractivity contribution in [3.05, 3.63) is 0 Å². The summed E-state index contributed by atoms with van der Waals surface area (Å²) in [5.74, 6) is 0.0772. The standard InChI is InChI=1S/C13H24N4O3.ClH/c1-14-9-12(18)15-11-8-13(19)17(10-11)3-2-16-4-6-20-7-5-16;/h11,14H,2-10H2,1H3,(H,15,18);1H. The third kappa shape index (κ3) is 5.78. The van der Waals surface area contributed by atoms with E-state index < -0.39 is 0 Å². The minimum absolute atomic E-state index is 0. The number of likely N-dealkylation sites (tertiary alicyclic amines) is 1. The predicted octanol–water partition coefficient (Wildman–Crippen LogP) is -1.32. The van der Waals surface area contributed by atoms with Gasteiger partial charge in [0.15, 0.2) is 0 Å². The number of morpholine rings is 1. The van der Waals surface area contributed by atoms with Gasteiger partial charge in [0, 0.05) is 39.1 Å². The van der Waals surface area contributed by atoms with Crippen molar-refractivity contribution in [2.45, 2.75) is 12.5 Å². The van der Waals surface area contributed by atoms with Gasteiger partial charge in [0.05, 0.1) is 25.8 Å². The lowest BCUT2D eigenvalue weighted by Crippen LogP contribution is -2.43. The summed E-state index contributed by atoms with van der Waals surface area (Å²) in [5.41, 5.74) is 0. The molecule has 2 saturated heterocycles. The van der Waals surface area contributed by atoms with Gasteiger partial charge >= 0.3 is 0 Å². The van der Waals surface area contributed by atoms with Gasteiger partial charge in [0.1, 0.15) is 0 Å². The Morgan fingerprint density at radius 1 is 1.33 bits per heavy atom. The molecule has 0 saturated carbocycles. The number of amides is 2. The fourth-order valence-electron chi connectivity index (χ4n) is 2.61. The Balaban J connectivity index is 0.00000220. The molecule has 7 nitrogen and oxygen atoms in total. The molecule has 2 aliphatic heterocycles. The Bertz CT molecular complexity index is 350. The molecule has 122 valence electrons. The lowest BCUT2D eigenvalue weighted by Gasteiger charge is -2.28. The van der Waals surface area contributed by atoms with Crippen molar-refractivity contribution in [2.24, 2.45) is 0 Å². The average Bonchev–Trinajstić information content (AvgIpc) is 2.78. The maximum atomic E-state index is 11.9. The van der Waals surface area contributed by atoms with Gasteiger partial charge in [-0.1, -0.05) is 0 Å². The van der Waals surface area contributed by atoms with Gasteiger partial charge in [-0.25, -0.2) is 0 Å². The topological polar surface area (TPSA) is 73.9 Å². The van der Waals surface area contributed by atoms with Crippen LogP contribution in [0, 0.1) is 0 Å². The average molecular weight is 321 g/mol.